The van der Waals surface area contributed by atoms with Crippen molar-refractivity contribution in [2.45, 2.75) is 6.10 Å². The van der Waals surface area contributed by atoms with Crippen molar-refractivity contribution in [3.05, 3.63) is 41.8 Å². The molecule has 84 valence electrons. The van der Waals surface area contributed by atoms with E-state index in [9.17, 15) is 13.9 Å². The molecular weight excluding hydrogens is 214 g/mol. The predicted octanol–water partition coefficient (Wildman–Crippen LogP) is 2.22. The molecular formula is C11H10F2N2O. The lowest BCUT2D eigenvalue weighted by Gasteiger charge is -2.06. The molecule has 16 heavy (non-hydrogen) atoms. The predicted molar refractivity (Wildman–Crippen MR) is 54.9 cm³/mol. The molecule has 1 aromatic carbocycles. The number of aromatic amines is 1. The number of hydrogen-bond acceptors (Lipinski definition) is 2. The molecule has 3 nitrogen and oxygen atoms in total. The molecule has 1 atom stereocenters. The third-order valence-corrected chi connectivity index (χ3v) is 2.31. The first-order valence-electron chi connectivity index (χ1n) is 4.75. The van der Waals surface area contributed by atoms with Gasteiger partial charge in [0.25, 0.3) is 0 Å². The Morgan fingerprint density at radius 2 is 2.00 bits per heavy atom. The Balaban J connectivity index is 2.40. The lowest BCUT2D eigenvalue weighted by molar-refractivity contribution is 0.142. The van der Waals surface area contributed by atoms with E-state index >= 15 is 0 Å². The van der Waals surface area contributed by atoms with Gasteiger partial charge in [-0.1, -0.05) is 0 Å². The Morgan fingerprint density at radius 1 is 1.31 bits per heavy atom. The lowest BCUT2D eigenvalue weighted by Crippen LogP contribution is -1.99. The highest BCUT2D eigenvalue weighted by Gasteiger charge is 2.15. The molecule has 2 rings (SSSR count). The molecule has 1 heterocycles. The summed E-state index contributed by atoms with van der Waals surface area (Å²) in [4.78, 5) is 0. The highest BCUT2D eigenvalue weighted by atomic mass is 19.1. The van der Waals surface area contributed by atoms with Crippen molar-refractivity contribution in [2.75, 3.05) is 6.67 Å². The van der Waals surface area contributed by atoms with Crippen LogP contribution in [0.4, 0.5) is 8.78 Å². The SMILES string of the molecule is OC(CF)c1cn[nH]c1-c1ccc(F)cc1. The zero-order valence-electron chi connectivity index (χ0n) is 8.32. The van der Waals surface area contributed by atoms with Crippen molar-refractivity contribution in [1.82, 2.24) is 10.2 Å². The summed E-state index contributed by atoms with van der Waals surface area (Å²) in [5.41, 5.74) is 1.53. The Morgan fingerprint density at radius 3 is 2.62 bits per heavy atom. The number of alkyl halides is 1. The van der Waals surface area contributed by atoms with Gasteiger partial charge in [0.15, 0.2) is 0 Å². The summed E-state index contributed by atoms with van der Waals surface area (Å²) < 4.78 is 25.1. The average molecular weight is 224 g/mol. The molecule has 0 spiro atoms. The Kier molecular flexibility index (Phi) is 2.96. The van der Waals surface area contributed by atoms with E-state index in [1.807, 2.05) is 0 Å². The molecule has 5 heteroatoms. The van der Waals surface area contributed by atoms with Crippen LogP contribution in [-0.4, -0.2) is 22.0 Å². The highest BCUT2D eigenvalue weighted by Crippen LogP contribution is 2.26. The van der Waals surface area contributed by atoms with E-state index in [1.165, 1.54) is 30.5 Å². The molecule has 0 radical (unpaired) electrons. The van der Waals surface area contributed by atoms with Gasteiger partial charge in [-0.05, 0) is 24.3 Å². The molecule has 1 aromatic heterocycles. The van der Waals surface area contributed by atoms with Crippen LogP contribution < -0.4 is 0 Å². The number of aliphatic hydroxyl groups excluding tert-OH is 1. The van der Waals surface area contributed by atoms with Gasteiger partial charge in [0.05, 0.1) is 11.9 Å². The molecule has 0 saturated heterocycles. The maximum Gasteiger partial charge on any atom is 0.123 e. The minimum atomic E-state index is -1.21. The number of halogens is 2. The summed E-state index contributed by atoms with van der Waals surface area (Å²) in [5.74, 6) is -0.351. The number of nitrogens with one attached hydrogen (secondary N) is 1. The van der Waals surface area contributed by atoms with Crippen LogP contribution in [0.2, 0.25) is 0 Å². The van der Waals surface area contributed by atoms with Crippen LogP contribution in [0, 0.1) is 5.82 Å². The van der Waals surface area contributed by atoms with E-state index in [0.717, 1.165) is 0 Å². The number of aliphatic hydroxyl groups is 1. The fourth-order valence-corrected chi connectivity index (χ4v) is 1.48. The molecule has 0 amide bonds. The van der Waals surface area contributed by atoms with Crippen molar-refractivity contribution in [3.8, 4) is 11.3 Å². The number of H-pyrrole nitrogens is 1. The fraction of sp³-hybridized carbons (Fsp3) is 0.182. The number of aromatic nitrogens is 2. The van der Waals surface area contributed by atoms with Gasteiger partial charge in [-0.25, -0.2) is 8.78 Å². The zero-order chi connectivity index (χ0) is 11.5. The molecule has 0 aliphatic carbocycles. The molecule has 1 unspecified atom stereocenters. The van der Waals surface area contributed by atoms with Crippen LogP contribution in [0.5, 0.6) is 0 Å². The van der Waals surface area contributed by atoms with Gasteiger partial charge >= 0.3 is 0 Å². The van der Waals surface area contributed by atoms with E-state index in [4.69, 9.17) is 0 Å². The third kappa shape index (κ3) is 1.94. The minimum Gasteiger partial charge on any atom is -0.386 e. The average Bonchev–Trinajstić information content (AvgIpc) is 2.78. The quantitative estimate of drug-likeness (QED) is 0.839. The molecule has 0 aliphatic rings. The maximum atomic E-state index is 12.7. The molecule has 2 N–H and O–H groups in total. The van der Waals surface area contributed by atoms with Crippen molar-refractivity contribution in [1.29, 1.82) is 0 Å². The van der Waals surface area contributed by atoms with Crippen molar-refractivity contribution in [2.24, 2.45) is 0 Å². The van der Waals surface area contributed by atoms with E-state index in [-0.39, 0.29) is 5.82 Å². The first-order valence-corrected chi connectivity index (χ1v) is 4.75. The summed E-state index contributed by atoms with van der Waals surface area (Å²) >= 11 is 0. The van der Waals surface area contributed by atoms with Gasteiger partial charge in [-0.3, -0.25) is 5.10 Å². The van der Waals surface area contributed by atoms with Crippen LogP contribution in [0.15, 0.2) is 30.5 Å². The molecule has 0 bridgehead atoms. The number of nitrogens with zero attached hydrogens (tertiary/aromatic N) is 1. The Bertz CT molecular complexity index is 467. The van der Waals surface area contributed by atoms with E-state index in [1.54, 1.807) is 0 Å². The van der Waals surface area contributed by atoms with Crippen molar-refractivity contribution < 1.29 is 13.9 Å². The molecule has 0 saturated carbocycles. The van der Waals surface area contributed by atoms with E-state index in [2.05, 4.69) is 10.2 Å². The highest BCUT2D eigenvalue weighted by molar-refractivity contribution is 5.62. The summed E-state index contributed by atoms with van der Waals surface area (Å²) in [6.07, 6.45) is 0.155. The smallest absolute Gasteiger partial charge is 0.123 e. The van der Waals surface area contributed by atoms with Gasteiger partial charge in [-0.2, -0.15) is 5.10 Å². The number of rotatable bonds is 3. The van der Waals surface area contributed by atoms with Gasteiger partial charge in [0, 0.05) is 11.1 Å². The van der Waals surface area contributed by atoms with E-state index in [0.29, 0.717) is 16.8 Å². The van der Waals surface area contributed by atoms with Crippen LogP contribution in [-0.2, 0) is 0 Å². The van der Waals surface area contributed by atoms with Crippen LogP contribution >= 0.6 is 0 Å². The summed E-state index contributed by atoms with van der Waals surface area (Å²) in [7, 11) is 0. The van der Waals surface area contributed by atoms with Gasteiger partial charge < -0.3 is 5.11 Å². The summed E-state index contributed by atoms with van der Waals surface area (Å²) in [6.45, 7) is -0.881. The second-order valence-electron chi connectivity index (χ2n) is 3.38. The van der Waals surface area contributed by atoms with Gasteiger partial charge in [0.2, 0.25) is 0 Å². The third-order valence-electron chi connectivity index (χ3n) is 2.31. The lowest BCUT2D eigenvalue weighted by atomic mass is 10.1. The van der Waals surface area contributed by atoms with E-state index < -0.39 is 12.8 Å². The van der Waals surface area contributed by atoms with Gasteiger partial charge in [-0.15, -0.1) is 0 Å². The molecule has 0 fully saturated rings. The van der Waals surface area contributed by atoms with Crippen molar-refractivity contribution in [3.63, 3.8) is 0 Å². The number of benzene rings is 1. The second kappa shape index (κ2) is 4.40. The molecule has 0 aliphatic heterocycles. The minimum absolute atomic E-state index is 0.351. The monoisotopic (exact) mass is 224 g/mol. The first kappa shape index (κ1) is 10.8. The van der Waals surface area contributed by atoms with Crippen molar-refractivity contribution >= 4 is 0 Å². The van der Waals surface area contributed by atoms with Crippen LogP contribution in [0.3, 0.4) is 0 Å². The Hall–Kier alpha value is -1.75. The fourth-order valence-electron chi connectivity index (χ4n) is 1.48. The summed E-state index contributed by atoms with van der Waals surface area (Å²) in [6, 6.07) is 5.66. The normalized spacial score (nSPS) is 12.7. The number of hydrogen-bond donors (Lipinski definition) is 2. The standard InChI is InChI=1S/C11H10F2N2O/c12-5-10(16)9-6-14-15-11(9)7-1-3-8(13)4-2-7/h1-4,6,10,16H,5H2,(H,14,15). The maximum absolute atomic E-state index is 12.7. The topological polar surface area (TPSA) is 48.9 Å². The first-order chi connectivity index (χ1) is 7.72. The second-order valence-corrected chi connectivity index (χ2v) is 3.38. The van der Waals surface area contributed by atoms with Gasteiger partial charge in [0.1, 0.15) is 18.6 Å². The van der Waals surface area contributed by atoms with Crippen LogP contribution in [0.25, 0.3) is 11.3 Å². The largest absolute Gasteiger partial charge is 0.386 e. The molecule has 2 aromatic rings. The van der Waals surface area contributed by atoms with Crippen LogP contribution in [0.1, 0.15) is 11.7 Å². The Labute approximate surface area is 90.7 Å². The zero-order valence-corrected chi connectivity index (χ0v) is 8.32. The summed E-state index contributed by atoms with van der Waals surface area (Å²) in [5, 5.41) is 15.8.